The second-order valence-corrected chi connectivity index (χ2v) is 11.0. The summed E-state index contributed by atoms with van der Waals surface area (Å²) >= 11 is 7.25. The zero-order valence-electron chi connectivity index (χ0n) is 18.5. The van der Waals surface area contributed by atoms with Crippen molar-refractivity contribution in [1.29, 1.82) is 0 Å². The van der Waals surface area contributed by atoms with Gasteiger partial charge >= 0.3 is 0 Å². The molecule has 34 heavy (non-hydrogen) atoms. The minimum atomic E-state index is -3.87. The number of hydrogen-bond donors (Lipinski definition) is 2. The second-order valence-electron chi connectivity index (χ2n) is 7.72. The number of aromatic nitrogens is 2. The van der Waals surface area contributed by atoms with Crippen LogP contribution in [-0.4, -0.2) is 30.0 Å². The standard InChI is InChI=1S/C25H22ClN3O3S2/c1-16-8-11-18(12-9-16)23-28-24(25(29-23)34(31,32)19-6-4-3-5-7-19)33-15-22(30)27-21-13-10-17(2)14-20(21)26/h3-14H,15H2,1-2H3,(H,27,30)(H,28,29). The number of hydrogen-bond acceptors (Lipinski definition) is 5. The van der Waals surface area contributed by atoms with Gasteiger partial charge < -0.3 is 10.3 Å². The third kappa shape index (κ3) is 5.35. The monoisotopic (exact) mass is 511 g/mol. The summed E-state index contributed by atoms with van der Waals surface area (Å²) < 4.78 is 26.7. The molecule has 4 rings (SSSR count). The van der Waals surface area contributed by atoms with Crippen LogP contribution < -0.4 is 5.32 Å². The van der Waals surface area contributed by atoms with Gasteiger partial charge in [-0.05, 0) is 43.7 Å². The molecule has 0 bridgehead atoms. The molecule has 0 aliphatic carbocycles. The van der Waals surface area contributed by atoms with Gasteiger partial charge in [0.2, 0.25) is 15.7 Å². The third-order valence-electron chi connectivity index (χ3n) is 5.03. The lowest BCUT2D eigenvalue weighted by Gasteiger charge is -2.08. The quantitative estimate of drug-likeness (QED) is 0.301. The molecule has 0 aliphatic heterocycles. The van der Waals surface area contributed by atoms with Gasteiger partial charge in [0.05, 0.1) is 21.4 Å². The molecule has 3 aromatic carbocycles. The number of halogens is 1. The maximum Gasteiger partial charge on any atom is 0.234 e. The number of sulfone groups is 1. The minimum Gasteiger partial charge on any atom is -0.328 e. The molecule has 0 spiro atoms. The molecule has 1 amide bonds. The number of rotatable bonds is 7. The van der Waals surface area contributed by atoms with Gasteiger partial charge in [0, 0.05) is 5.56 Å². The fourth-order valence-corrected chi connectivity index (χ4v) is 5.95. The maximum atomic E-state index is 13.4. The van der Waals surface area contributed by atoms with Crippen molar-refractivity contribution in [3.8, 4) is 11.4 Å². The minimum absolute atomic E-state index is 0.0413. The van der Waals surface area contributed by atoms with Crippen LogP contribution in [0.5, 0.6) is 0 Å². The molecule has 1 heterocycles. The SMILES string of the molecule is Cc1ccc(-c2nc(SCC(=O)Nc3ccc(C)cc3Cl)c(S(=O)(=O)c3ccccc3)[nH]2)cc1. The lowest BCUT2D eigenvalue weighted by Crippen LogP contribution is -2.14. The first-order valence-corrected chi connectivity index (χ1v) is 13.2. The molecular formula is C25H22ClN3O3S2. The van der Waals surface area contributed by atoms with E-state index >= 15 is 0 Å². The number of aryl methyl sites for hydroxylation is 2. The zero-order chi connectivity index (χ0) is 24.3. The highest BCUT2D eigenvalue weighted by Gasteiger charge is 2.26. The van der Waals surface area contributed by atoms with E-state index in [-0.39, 0.29) is 26.6 Å². The maximum absolute atomic E-state index is 13.4. The molecule has 9 heteroatoms. The van der Waals surface area contributed by atoms with Gasteiger partial charge in [-0.15, -0.1) is 0 Å². The van der Waals surface area contributed by atoms with Crippen LogP contribution >= 0.6 is 23.4 Å². The molecule has 0 unspecified atom stereocenters. The van der Waals surface area contributed by atoms with Crippen LogP contribution in [0, 0.1) is 13.8 Å². The van der Waals surface area contributed by atoms with E-state index in [1.54, 1.807) is 30.3 Å². The molecule has 1 aromatic heterocycles. The topological polar surface area (TPSA) is 91.9 Å². The van der Waals surface area contributed by atoms with Gasteiger partial charge in [-0.1, -0.05) is 77.5 Å². The van der Waals surface area contributed by atoms with Crippen LogP contribution in [0.3, 0.4) is 0 Å². The Bertz CT molecular complexity index is 1430. The smallest absolute Gasteiger partial charge is 0.234 e. The number of anilines is 1. The normalized spacial score (nSPS) is 11.4. The van der Waals surface area contributed by atoms with E-state index in [0.717, 1.165) is 28.5 Å². The van der Waals surface area contributed by atoms with E-state index < -0.39 is 9.84 Å². The number of carbonyl (C=O) groups is 1. The highest BCUT2D eigenvalue weighted by atomic mass is 35.5. The molecule has 174 valence electrons. The molecule has 6 nitrogen and oxygen atoms in total. The highest BCUT2D eigenvalue weighted by molar-refractivity contribution is 8.00. The largest absolute Gasteiger partial charge is 0.328 e. The summed E-state index contributed by atoms with van der Waals surface area (Å²) in [6, 6.07) is 21.1. The van der Waals surface area contributed by atoms with Crippen molar-refractivity contribution in [2.45, 2.75) is 28.8 Å². The zero-order valence-corrected chi connectivity index (χ0v) is 20.9. The van der Waals surface area contributed by atoms with Crippen molar-refractivity contribution in [1.82, 2.24) is 9.97 Å². The van der Waals surface area contributed by atoms with Gasteiger partial charge in [0.15, 0.2) is 5.03 Å². The molecule has 4 aromatic rings. The Morgan fingerprint density at radius 1 is 1.00 bits per heavy atom. The molecule has 0 saturated carbocycles. The summed E-state index contributed by atoms with van der Waals surface area (Å²) in [6.07, 6.45) is 0. The van der Waals surface area contributed by atoms with E-state index in [4.69, 9.17) is 11.6 Å². The highest BCUT2D eigenvalue weighted by Crippen LogP contribution is 2.32. The van der Waals surface area contributed by atoms with Crippen molar-refractivity contribution in [3.05, 3.63) is 88.9 Å². The fourth-order valence-electron chi connectivity index (χ4n) is 3.23. The Morgan fingerprint density at radius 3 is 2.35 bits per heavy atom. The van der Waals surface area contributed by atoms with Crippen molar-refractivity contribution < 1.29 is 13.2 Å². The van der Waals surface area contributed by atoms with Crippen LogP contribution in [0.4, 0.5) is 5.69 Å². The number of imidazole rings is 1. The van der Waals surface area contributed by atoms with Crippen LogP contribution in [0.2, 0.25) is 5.02 Å². The first-order valence-electron chi connectivity index (χ1n) is 10.4. The van der Waals surface area contributed by atoms with Crippen molar-refractivity contribution in [2.24, 2.45) is 0 Å². The number of nitrogens with zero attached hydrogens (tertiary/aromatic N) is 1. The summed E-state index contributed by atoms with van der Waals surface area (Å²) in [6.45, 7) is 3.88. The summed E-state index contributed by atoms with van der Waals surface area (Å²) in [4.78, 5) is 20.2. The Morgan fingerprint density at radius 2 is 1.68 bits per heavy atom. The fraction of sp³-hybridized carbons (Fsp3) is 0.120. The van der Waals surface area contributed by atoms with Crippen LogP contribution in [0.15, 0.2) is 87.7 Å². The summed E-state index contributed by atoms with van der Waals surface area (Å²) in [5, 5.41) is 3.39. The van der Waals surface area contributed by atoms with Crippen molar-refractivity contribution in [2.75, 3.05) is 11.1 Å². The molecule has 0 aliphatic rings. The molecule has 2 N–H and O–H groups in total. The van der Waals surface area contributed by atoms with Crippen LogP contribution in [0.25, 0.3) is 11.4 Å². The van der Waals surface area contributed by atoms with Gasteiger partial charge in [0.25, 0.3) is 0 Å². The number of aromatic amines is 1. The van der Waals surface area contributed by atoms with E-state index in [2.05, 4.69) is 15.3 Å². The number of carbonyl (C=O) groups excluding carboxylic acids is 1. The van der Waals surface area contributed by atoms with Crippen LogP contribution in [-0.2, 0) is 14.6 Å². The van der Waals surface area contributed by atoms with Crippen LogP contribution in [0.1, 0.15) is 11.1 Å². The average Bonchev–Trinajstić information content (AvgIpc) is 3.26. The third-order valence-corrected chi connectivity index (χ3v) is 8.17. The molecular weight excluding hydrogens is 490 g/mol. The predicted octanol–water partition coefficient (Wildman–Crippen LogP) is 5.91. The number of H-pyrrole nitrogens is 1. The second kappa shape index (κ2) is 10.0. The first kappa shape index (κ1) is 24.1. The van der Waals surface area contributed by atoms with E-state index in [1.165, 1.54) is 12.1 Å². The average molecular weight is 512 g/mol. The van der Waals surface area contributed by atoms with Gasteiger partial charge in [-0.25, -0.2) is 13.4 Å². The Labute approximate surface area is 207 Å². The van der Waals surface area contributed by atoms with Gasteiger partial charge in [0.1, 0.15) is 10.9 Å². The Kier molecular flexibility index (Phi) is 7.11. The first-order chi connectivity index (χ1) is 16.2. The van der Waals surface area contributed by atoms with E-state index in [9.17, 15) is 13.2 Å². The Balaban J connectivity index is 1.63. The summed E-state index contributed by atoms with van der Waals surface area (Å²) in [5.74, 6) is 0.0531. The molecule has 0 fully saturated rings. The number of amides is 1. The number of thioether (sulfide) groups is 1. The lowest BCUT2D eigenvalue weighted by molar-refractivity contribution is -0.113. The van der Waals surface area contributed by atoms with Gasteiger partial charge in [-0.3, -0.25) is 4.79 Å². The van der Waals surface area contributed by atoms with Crippen molar-refractivity contribution >= 4 is 44.8 Å². The lowest BCUT2D eigenvalue weighted by atomic mass is 10.1. The number of nitrogens with one attached hydrogen (secondary N) is 2. The van der Waals surface area contributed by atoms with E-state index in [0.29, 0.717) is 16.5 Å². The van der Waals surface area contributed by atoms with Crippen molar-refractivity contribution in [3.63, 3.8) is 0 Å². The summed E-state index contributed by atoms with van der Waals surface area (Å²) in [7, 11) is -3.87. The molecule has 0 atom stereocenters. The van der Waals surface area contributed by atoms with Gasteiger partial charge in [-0.2, -0.15) is 0 Å². The summed E-state index contributed by atoms with van der Waals surface area (Å²) in [5.41, 5.74) is 3.30. The Hall–Kier alpha value is -3.07. The predicted molar refractivity (Wildman–Crippen MR) is 136 cm³/mol. The van der Waals surface area contributed by atoms with E-state index in [1.807, 2.05) is 44.2 Å². The molecule has 0 saturated heterocycles. The molecule has 0 radical (unpaired) electrons. The number of benzene rings is 3.